The van der Waals surface area contributed by atoms with Gasteiger partial charge in [-0.1, -0.05) is 29.8 Å². The van der Waals surface area contributed by atoms with E-state index in [1.807, 2.05) is 29.3 Å². The van der Waals surface area contributed by atoms with Crippen molar-refractivity contribution in [3.05, 3.63) is 59.1 Å². The molecule has 3 heterocycles. The van der Waals surface area contributed by atoms with Gasteiger partial charge in [0.25, 0.3) is 0 Å². The van der Waals surface area contributed by atoms with Crippen molar-refractivity contribution in [1.82, 2.24) is 9.97 Å². The molecule has 30 heavy (non-hydrogen) atoms. The third-order valence-electron chi connectivity index (χ3n) is 5.67. The highest BCUT2D eigenvalue weighted by atomic mass is 35.5. The van der Waals surface area contributed by atoms with Gasteiger partial charge < -0.3 is 20.5 Å². The average Bonchev–Trinajstić information content (AvgIpc) is 3.00. The maximum atomic E-state index is 13.2. The minimum absolute atomic E-state index is 0.0434. The monoisotopic (exact) mass is 449 g/mol. The van der Waals surface area contributed by atoms with E-state index in [4.69, 9.17) is 23.2 Å². The summed E-state index contributed by atoms with van der Waals surface area (Å²) in [6.45, 7) is 5.14. The third kappa shape index (κ3) is 3.46. The van der Waals surface area contributed by atoms with E-state index in [0.717, 1.165) is 16.6 Å². The molecular formula is C21H19Cl2F2N5. The van der Waals surface area contributed by atoms with Crippen LogP contribution in [-0.4, -0.2) is 29.0 Å². The summed E-state index contributed by atoms with van der Waals surface area (Å²) < 4.78 is 26.4. The Morgan fingerprint density at radius 2 is 1.93 bits per heavy atom. The Kier molecular flexibility index (Phi) is 4.38. The Balaban J connectivity index is 1.23. The van der Waals surface area contributed by atoms with Crippen LogP contribution in [-0.2, 0) is 0 Å². The Hall–Kier alpha value is -2.51. The second-order valence-corrected chi connectivity index (χ2v) is 9.06. The number of aromatic amines is 1. The van der Waals surface area contributed by atoms with E-state index in [1.165, 1.54) is 0 Å². The SMILES string of the molecule is C=C(Nc1cnc(N2CC3(C2)CC(F)(F)C3)c(Cl)c1)Nc1c[nH]c2ccc(Cl)cc12. The zero-order chi connectivity index (χ0) is 21.1. The lowest BCUT2D eigenvalue weighted by atomic mass is 9.61. The molecule has 1 aliphatic carbocycles. The first-order chi connectivity index (χ1) is 14.2. The van der Waals surface area contributed by atoms with Crippen LogP contribution in [0.3, 0.4) is 0 Å². The summed E-state index contributed by atoms with van der Waals surface area (Å²) in [7, 11) is 0. The molecule has 2 fully saturated rings. The molecule has 0 radical (unpaired) electrons. The molecule has 2 aliphatic rings. The molecule has 3 aromatic rings. The summed E-state index contributed by atoms with van der Waals surface area (Å²) in [5.41, 5.74) is 2.19. The van der Waals surface area contributed by atoms with Crippen LogP contribution in [0.4, 0.5) is 26.0 Å². The lowest BCUT2D eigenvalue weighted by Crippen LogP contribution is -2.66. The number of benzene rings is 1. The van der Waals surface area contributed by atoms with Crippen molar-refractivity contribution >= 4 is 51.3 Å². The van der Waals surface area contributed by atoms with Crippen LogP contribution in [0.15, 0.2) is 49.1 Å². The lowest BCUT2D eigenvalue weighted by Gasteiger charge is -2.59. The van der Waals surface area contributed by atoms with Gasteiger partial charge in [0.05, 0.1) is 22.6 Å². The van der Waals surface area contributed by atoms with Crippen molar-refractivity contribution < 1.29 is 8.78 Å². The quantitative estimate of drug-likeness (QED) is 0.440. The second-order valence-electron chi connectivity index (χ2n) is 8.22. The number of pyridine rings is 1. The van der Waals surface area contributed by atoms with Crippen LogP contribution in [0, 0.1) is 5.41 Å². The van der Waals surface area contributed by atoms with Crippen molar-refractivity contribution in [3.8, 4) is 0 Å². The minimum atomic E-state index is -2.51. The largest absolute Gasteiger partial charge is 0.359 e. The highest BCUT2D eigenvalue weighted by Crippen LogP contribution is 2.57. The molecule has 5 nitrogen and oxygen atoms in total. The first-order valence-corrected chi connectivity index (χ1v) is 10.3. The predicted octanol–water partition coefficient (Wildman–Crippen LogP) is 6.10. The summed E-state index contributed by atoms with van der Waals surface area (Å²) in [5.74, 6) is -1.35. The van der Waals surface area contributed by atoms with Crippen LogP contribution in [0.25, 0.3) is 10.9 Å². The minimum Gasteiger partial charge on any atom is -0.359 e. The van der Waals surface area contributed by atoms with Gasteiger partial charge in [-0.15, -0.1) is 0 Å². The maximum Gasteiger partial charge on any atom is 0.249 e. The Bertz CT molecular complexity index is 1140. The topological polar surface area (TPSA) is 56.0 Å². The number of H-pyrrole nitrogens is 1. The number of alkyl halides is 2. The molecule has 3 N–H and O–H groups in total. The average molecular weight is 450 g/mol. The Morgan fingerprint density at radius 1 is 1.17 bits per heavy atom. The zero-order valence-corrected chi connectivity index (χ0v) is 17.4. The number of rotatable bonds is 5. The number of nitrogens with zero attached hydrogens (tertiary/aromatic N) is 2. The van der Waals surface area contributed by atoms with Gasteiger partial charge in [0.1, 0.15) is 11.6 Å². The highest BCUT2D eigenvalue weighted by Gasteiger charge is 2.62. The van der Waals surface area contributed by atoms with E-state index in [2.05, 4.69) is 27.2 Å². The Morgan fingerprint density at radius 3 is 2.63 bits per heavy atom. The molecule has 5 rings (SSSR count). The van der Waals surface area contributed by atoms with Gasteiger partial charge in [0.15, 0.2) is 0 Å². The van der Waals surface area contributed by atoms with E-state index < -0.39 is 5.92 Å². The second kappa shape index (κ2) is 6.75. The van der Waals surface area contributed by atoms with Gasteiger partial charge in [-0.05, 0) is 24.3 Å². The van der Waals surface area contributed by atoms with Crippen molar-refractivity contribution in [2.24, 2.45) is 5.41 Å². The lowest BCUT2D eigenvalue weighted by molar-refractivity contribution is -0.170. The number of hydrogen-bond donors (Lipinski definition) is 3. The van der Waals surface area contributed by atoms with Crippen LogP contribution in [0.1, 0.15) is 12.8 Å². The molecule has 2 aromatic heterocycles. The summed E-state index contributed by atoms with van der Waals surface area (Å²) in [6.07, 6.45) is 3.41. The van der Waals surface area contributed by atoms with Crippen molar-refractivity contribution in [2.45, 2.75) is 18.8 Å². The van der Waals surface area contributed by atoms with Crippen LogP contribution in [0.2, 0.25) is 10.0 Å². The van der Waals surface area contributed by atoms with Gasteiger partial charge in [-0.25, -0.2) is 13.8 Å². The van der Waals surface area contributed by atoms with Gasteiger partial charge in [0.2, 0.25) is 5.92 Å². The number of aromatic nitrogens is 2. The van der Waals surface area contributed by atoms with Gasteiger partial charge in [-0.2, -0.15) is 0 Å². The molecule has 0 amide bonds. The van der Waals surface area contributed by atoms with Gasteiger partial charge in [-0.3, -0.25) is 0 Å². The van der Waals surface area contributed by atoms with Crippen molar-refractivity contribution in [2.75, 3.05) is 28.6 Å². The number of fused-ring (bicyclic) bond motifs is 1. The first kappa shape index (κ1) is 19.5. The maximum absolute atomic E-state index is 13.2. The van der Waals surface area contributed by atoms with Gasteiger partial charge in [0, 0.05) is 53.5 Å². The molecule has 1 aromatic carbocycles. The van der Waals surface area contributed by atoms with E-state index in [-0.39, 0.29) is 18.3 Å². The molecule has 1 saturated heterocycles. The van der Waals surface area contributed by atoms with Crippen LogP contribution < -0.4 is 15.5 Å². The molecular weight excluding hydrogens is 431 g/mol. The van der Waals surface area contributed by atoms with E-state index in [0.29, 0.717) is 40.5 Å². The van der Waals surface area contributed by atoms with Crippen LogP contribution in [0.5, 0.6) is 0 Å². The fraction of sp³-hybridized carbons (Fsp3) is 0.286. The molecule has 0 unspecified atom stereocenters. The Labute approximate surface area is 182 Å². The number of halogens is 4. The predicted molar refractivity (Wildman–Crippen MR) is 118 cm³/mol. The normalized spacial score (nSPS) is 18.7. The van der Waals surface area contributed by atoms with E-state index >= 15 is 0 Å². The summed E-state index contributed by atoms with van der Waals surface area (Å²) >= 11 is 12.5. The molecule has 0 bridgehead atoms. The zero-order valence-electron chi connectivity index (χ0n) is 15.9. The molecule has 0 atom stereocenters. The summed E-state index contributed by atoms with van der Waals surface area (Å²) in [5, 5.41) is 8.40. The number of nitrogens with one attached hydrogen (secondary N) is 3. The van der Waals surface area contributed by atoms with E-state index in [1.54, 1.807) is 12.3 Å². The summed E-state index contributed by atoms with van der Waals surface area (Å²) in [4.78, 5) is 9.54. The standard InChI is InChI=1S/C21H19Cl2F2N5/c1-12(29-18-7-26-17-3-2-13(22)4-15(17)18)28-14-5-16(23)19(27-6-14)30-10-20(11-30)8-21(24,25)9-20/h2-7,26,28-29H,1,8-11H2. The molecule has 9 heteroatoms. The van der Waals surface area contributed by atoms with Crippen LogP contribution >= 0.6 is 23.2 Å². The summed E-state index contributed by atoms with van der Waals surface area (Å²) in [6, 6.07) is 7.35. The number of hydrogen-bond acceptors (Lipinski definition) is 4. The van der Waals surface area contributed by atoms with Crippen molar-refractivity contribution in [1.29, 1.82) is 0 Å². The fourth-order valence-electron chi connectivity index (χ4n) is 4.48. The molecule has 156 valence electrons. The van der Waals surface area contributed by atoms with Gasteiger partial charge >= 0.3 is 0 Å². The highest BCUT2D eigenvalue weighted by molar-refractivity contribution is 6.33. The molecule has 1 aliphatic heterocycles. The van der Waals surface area contributed by atoms with Crippen molar-refractivity contribution in [3.63, 3.8) is 0 Å². The third-order valence-corrected chi connectivity index (χ3v) is 6.18. The number of anilines is 3. The first-order valence-electron chi connectivity index (χ1n) is 9.50. The van der Waals surface area contributed by atoms with E-state index in [9.17, 15) is 8.78 Å². The fourth-order valence-corrected chi connectivity index (χ4v) is 4.94. The molecule has 1 saturated carbocycles. The smallest absolute Gasteiger partial charge is 0.249 e. The molecule has 1 spiro atoms.